The number of hydrogen-bond donors (Lipinski definition) is 1. The summed E-state index contributed by atoms with van der Waals surface area (Å²) in [5.74, 6) is -2.85. The summed E-state index contributed by atoms with van der Waals surface area (Å²) >= 11 is 1.13. The number of carbonyl (C=O) groups excluding carboxylic acids is 2. The van der Waals surface area contributed by atoms with E-state index in [1.165, 1.54) is 24.3 Å². The zero-order valence-corrected chi connectivity index (χ0v) is 16.7. The number of carbonyl (C=O) groups is 2. The van der Waals surface area contributed by atoms with Gasteiger partial charge in [0.05, 0.1) is 24.3 Å². The normalized spacial score (nSPS) is 18.1. The van der Waals surface area contributed by atoms with E-state index in [1.54, 1.807) is 25.3 Å². The molecular weight excluding hydrogens is 411 g/mol. The molecule has 1 aliphatic heterocycles. The fraction of sp³-hybridized carbons (Fsp3) is 0.150. The average molecular weight is 426 g/mol. The molecule has 3 aromatic rings. The van der Waals surface area contributed by atoms with Crippen molar-refractivity contribution >= 4 is 33.9 Å². The third-order valence-electron chi connectivity index (χ3n) is 4.58. The number of aromatic nitrogens is 3. The lowest BCUT2D eigenvalue weighted by molar-refractivity contribution is -0.132. The lowest BCUT2D eigenvalue weighted by atomic mass is 9.96. The molecule has 30 heavy (non-hydrogen) atoms. The second kappa shape index (κ2) is 7.64. The summed E-state index contributed by atoms with van der Waals surface area (Å²) in [5, 5.41) is 19.7. The van der Waals surface area contributed by atoms with Gasteiger partial charge < -0.3 is 9.84 Å². The predicted molar refractivity (Wildman–Crippen MR) is 107 cm³/mol. The molecule has 10 heteroatoms. The van der Waals surface area contributed by atoms with Crippen LogP contribution in [0.4, 0.5) is 9.52 Å². The number of Topliss-reactive ketones (excluding diaryl/α,β-unsaturated/α-hetero) is 1. The van der Waals surface area contributed by atoms with Crippen LogP contribution in [0.1, 0.15) is 22.2 Å². The molecule has 2 aromatic heterocycles. The van der Waals surface area contributed by atoms with Crippen molar-refractivity contribution < 1.29 is 23.8 Å². The molecule has 1 aromatic carbocycles. The number of aliphatic hydroxyl groups excluding tert-OH is 1. The number of pyridine rings is 1. The van der Waals surface area contributed by atoms with Gasteiger partial charge in [0.15, 0.2) is 0 Å². The maximum absolute atomic E-state index is 13.9. The van der Waals surface area contributed by atoms with Crippen LogP contribution >= 0.6 is 11.3 Å². The Morgan fingerprint density at radius 2 is 2.07 bits per heavy atom. The zero-order valence-electron chi connectivity index (χ0n) is 15.9. The van der Waals surface area contributed by atoms with Crippen LogP contribution in [0.25, 0.3) is 5.76 Å². The van der Waals surface area contributed by atoms with Gasteiger partial charge >= 0.3 is 5.91 Å². The molecule has 0 aliphatic carbocycles. The van der Waals surface area contributed by atoms with Gasteiger partial charge in [-0.3, -0.25) is 19.5 Å². The van der Waals surface area contributed by atoms with Gasteiger partial charge in [0, 0.05) is 12.4 Å². The minimum absolute atomic E-state index is 0.0437. The van der Waals surface area contributed by atoms with Crippen molar-refractivity contribution in [1.82, 2.24) is 15.2 Å². The van der Waals surface area contributed by atoms with Crippen LogP contribution in [0.5, 0.6) is 5.75 Å². The number of rotatable bonds is 4. The second-order valence-corrected chi connectivity index (χ2v) is 7.56. The second-order valence-electron chi connectivity index (χ2n) is 6.40. The van der Waals surface area contributed by atoms with E-state index in [9.17, 15) is 19.1 Å². The molecule has 3 heterocycles. The third kappa shape index (κ3) is 3.20. The molecule has 1 amide bonds. The van der Waals surface area contributed by atoms with E-state index < -0.39 is 29.3 Å². The molecule has 1 aliphatic rings. The van der Waals surface area contributed by atoms with Crippen molar-refractivity contribution in [2.75, 3.05) is 12.0 Å². The Kier molecular flexibility index (Phi) is 5.00. The lowest BCUT2D eigenvalue weighted by Gasteiger charge is -2.22. The molecule has 152 valence electrons. The third-order valence-corrected chi connectivity index (χ3v) is 5.42. The minimum atomic E-state index is -1.01. The van der Waals surface area contributed by atoms with Crippen LogP contribution in [0, 0.1) is 12.7 Å². The number of methoxy groups -OCH3 is 1. The Balaban J connectivity index is 1.98. The molecule has 1 saturated heterocycles. The molecular formula is C20H15FN4O4S. The SMILES string of the molecule is COc1ccc(F)cc1/C(O)=C1\C(=O)C(=O)N(c2nnc(C)s2)C1c1cccnc1. The highest BCUT2D eigenvalue weighted by atomic mass is 32.1. The number of nitrogens with zero attached hydrogens (tertiary/aromatic N) is 4. The van der Waals surface area contributed by atoms with Crippen LogP contribution in [0.3, 0.4) is 0 Å². The van der Waals surface area contributed by atoms with Crippen molar-refractivity contribution in [1.29, 1.82) is 0 Å². The Morgan fingerprint density at radius 1 is 1.27 bits per heavy atom. The first-order chi connectivity index (χ1) is 14.4. The van der Waals surface area contributed by atoms with E-state index >= 15 is 0 Å². The van der Waals surface area contributed by atoms with E-state index in [4.69, 9.17) is 4.74 Å². The molecule has 0 saturated carbocycles. The lowest BCUT2D eigenvalue weighted by Crippen LogP contribution is -2.29. The van der Waals surface area contributed by atoms with Crippen molar-refractivity contribution in [3.05, 3.63) is 70.3 Å². The van der Waals surface area contributed by atoms with Gasteiger partial charge in [-0.15, -0.1) is 10.2 Å². The smallest absolute Gasteiger partial charge is 0.301 e. The molecule has 8 nitrogen and oxygen atoms in total. The summed E-state index contributed by atoms with van der Waals surface area (Å²) in [6.07, 6.45) is 3.02. The van der Waals surface area contributed by atoms with Crippen LogP contribution in [-0.4, -0.2) is 39.1 Å². The highest BCUT2D eigenvalue weighted by molar-refractivity contribution is 7.15. The fourth-order valence-corrected chi connectivity index (χ4v) is 3.99. The molecule has 0 spiro atoms. The average Bonchev–Trinajstić information content (AvgIpc) is 3.29. The summed E-state index contributed by atoms with van der Waals surface area (Å²) in [4.78, 5) is 31.1. The standard InChI is InChI=1S/C20H15FN4O4S/c1-10-23-24-20(30-10)25-16(11-4-3-7-22-9-11)15(18(27)19(25)28)17(26)13-8-12(21)5-6-14(13)29-2/h3-9,16,26H,1-2H3/b17-15+. The number of aryl methyl sites for hydroxylation is 1. The van der Waals surface area contributed by atoms with Crippen LogP contribution in [0.15, 0.2) is 48.3 Å². The minimum Gasteiger partial charge on any atom is -0.507 e. The number of ketones is 1. The van der Waals surface area contributed by atoms with E-state index in [-0.39, 0.29) is 22.0 Å². The topological polar surface area (TPSA) is 106 Å². The molecule has 1 unspecified atom stereocenters. The monoisotopic (exact) mass is 426 g/mol. The first-order valence-electron chi connectivity index (χ1n) is 8.77. The maximum Gasteiger partial charge on any atom is 0.301 e. The van der Waals surface area contributed by atoms with Gasteiger partial charge in [-0.25, -0.2) is 4.39 Å². The van der Waals surface area contributed by atoms with Crippen molar-refractivity contribution in [2.24, 2.45) is 0 Å². The Labute approximate surface area is 174 Å². The van der Waals surface area contributed by atoms with E-state index in [0.717, 1.165) is 23.5 Å². The number of hydrogen-bond acceptors (Lipinski definition) is 8. The van der Waals surface area contributed by atoms with E-state index in [1.807, 2.05) is 0 Å². The summed E-state index contributed by atoms with van der Waals surface area (Å²) in [6.45, 7) is 1.72. The highest BCUT2D eigenvalue weighted by Crippen LogP contribution is 2.43. The van der Waals surface area contributed by atoms with Crippen LogP contribution < -0.4 is 9.64 Å². The van der Waals surface area contributed by atoms with Gasteiger partial charge in [-0.05, 0) is 36.8 Å². The van der Waals surface area contributed by atoms with Gasteiger partial charge in [0.25, 0.3) is 5.78 Å². The van der Waals surface area contributed by atoms with Crippen LogP contribution in [0.2, 0.25) is 0 Å². The summed E-state index contributed by atoms with van der Waals surface area (Å²) in [7, 11) is 1.35. The molecule has 1 N–H and O–H groups in total. The van der Waals surface area contributed by atoms with Crippen molar-refractivity contribution in [2.45, 2.75) is 13.0 Å². The summed E-state index contributed by atoms with van der Waals surface area (Å²) in [5.41, 5.74) is 0.212. The predicted octanol–water partition coefficient (Wildman–Crippen LogP) is 3.02. The number of ether oxygens (including phenoxy) is 1. The van der Waals surface area contributed by atoms with Crippen molar-refractivity contribution in [3.63, 3.8) is 0 Å². The van der Waals surface area contributed by atoms with Crippen LogP contribution in [-0.2, 0) is 9.59 Å². The van der Waals surface area contributed by atoms with Gasteiger partial charge in [-0.1, -0.05) is 17.4 Å². The number of aliphatic hydroxyl groups is 1. The van der Waals surface area contributed by atoms with Gasteiger partial charge in [-0.2, -0.15) is 0 Å². The van der Waals surface area contributed by atoms with Gasteiger partial charge in [0.2, 0.25) is 5.13 Å². The number of halogens is 1. The molecule has 0 bridgehead atoms. The Hall–Kier alpha value is -3.66. The number of amides is 1. The van der Waals surface area contributed by atoms with E-state index in [2.05, 4.69) is 15.2 Å². The molecule has 4 rings (SSSR count). The highest BCUT2D eigenvalue weighted by Gasteiger charge is 2.48. The Bertz CT molecular complexity index is 1180. The fourth-order valence-electron chi connectivity index (χ4n) is 3.28. The summed E-state index contributed by atoms with van der Waals surface area (Å²) < 4.78 is 19.1. The zero-order chi connectivity index (χ0) is 21.4. The quantitative estimate of drug-likeness (QED) is 0.388. The number of anilines is 1. The first kappa shape index (κ1) is 19.6. The van der Waals surface area contributed by atoms with Crippen molar-refractivity contribution in [3.8, 4) is 5.75 Å². The largest absolute Gasteiger partial charge is 0.507 e. The summed E-state index contributed by atoms with van der Waals surface area (Å²) in [6, 6.07) is 5.82. The molecule has 1 fully saturated rings. The first-order valence-corrected chi connectivity index (χ1v) is 9.59. The maximum atomic E-state index is 13.9. The number of benzene rings is 1. The van der Waals surface area contributed by atoms with Gasteiger partial charge in [0.1, 0.15) is 22.3 Å². The van der Waals surface area contributed by atoms with E-state index in [0.29, 0.717) is 10.6 Å². The molecule has 1 atom stereocenters. The molecule has 0 radical (unpaired) electrons. The Morgan fingerprint density at radius 3 is 2.70 bits per heavy atom.